The second-order valence-electron chi connectivity index (χ2n) is 7.05. The van der Waals surface area contributed by atoms with Crippen molar-refractivity contribution >= 4 is 11.9 Å². The number of fused-ring (bicyclic) bond motifs is 1. The third-order valence-corrected chi connectivity index (χ3v) is 6.80. The van der Waals surface area contributed by atoms with Crippen molar-refractivity contribution in [1.82, 2.24) is 0 Å². The van der Waals surface area contributed by atoms with E-state index in [0.717, 1.165) is 5.57 Å². The average Bonchev–Trinajstić information content (AvgIpc) is 2.97. The lowest BCUT2D eigenvalue weighted by molar-refractivity contribution is -0.165. The first kappa shape index (κ1) is 12.4. The van der Waals surface area contributed by atoms with Gasteiger partial charge in [-0.3, -0.25) is 9.59 Å². The largest absolute Gasteiger partial charge is 0.464 e. The molecular formula is C15H18O5. The van der Waals surface area contributed by atoms with Gasteiger partial charge in [0.25, 0.3) is 0 Å². The van der Waals surface area contributed by atoms with Gasteiger partial charge in [0.05, 0.1) is 23.4 Å². The average molecular weight is 278 g/mol. The van der Waals surface area contributed by atoms with E-state index in [1.54, 1.807) is 6.92 Å². The van der Waals surface area contributed by atoms with E-state index < -0.39 is 27.9 Å². The second kappa shape index (κ2) is 2.96. The quantitative estimate of drug-likeness (QED) is 0.527. The van der Waals surface area contributed by atoms with Crippen molar-refractivity contribution in [2.75, 3.05) is 6.61 Å². The summed E-state index contributed by atoms with van der Waals surface area (Å²) < 4.78 is 11.0. The van der Waals surface area contributed by atoms with Crippen LogP contribution in [0.25, 0.3) is 0 Å². The molecule has 2 heterocycles. The standard InChI is InChI=1S/C15H18O5/c1-8-4-5-15-12(2)7-19-11(18)13(12,3)10(17)14(8,15)6-9(16)20-15/h4,10,17H,5-7H2,1-3H3/t10?,12-,13?,14+,15+/m1/s1. The Morgan fingerprint density at radius 1 is 1.35 bits per heavy atom. The van der Waals surface area contributed by atoms with Crippen molar-refractivity contribution < 1.29 is 24.2 Å². The van der Waals surface area contributed by atoms with E-state index in [1.807, 2.05) is 19.9 Å². The zero-order valence-corrected chi connectivity index (χ0v) is 11.9. The molecule has 108 valence electrons. The molecule has 5 heteroatoms. The van der Waals surface area contributed by atoms with Crippen LogP contribution in [0, 0.1) is 16.2 Å². The van der Waals surface area contributed by atoms with Gasteiger partial charge in [0.1, 0.15) is 17.6 Å². The molecule has 2 aliphatic carbocycles. The molecule has 0 bridgehead atoms. The molecule has 1 saturated carbocycles. The molecule has 5 atom stereocenters. The smallest absolute Gasteiger partial charge is 0.315 e. The number of cyclic esters (lactones) is 1. The van der Waals surface area contributed by atoms with Crippen molar-refractivity contribution in [2.45, 2.75) is 45.3 Å². The van der Waals surface area contributed by atoms with Gasteiger partial charge in [0.15, 0.2) is 0 Å². The number of aliphatic hydroxyl groups is 1. The highest BCUT2D eigenvalue weighted by atomic mass is 16.6. The Morgan fingerprint density at radius 2 is 2.05 bits per heavy atom. The predicted octanol–water partition coefficient (Wildman–Crippen LogP) is 0.952. The summed E-state index contributed by atoms with van der Waals surface area (Å²) in [5.74, 6) is -0.675. The van der Waals surface area contributed by atoms with Crippen LogP contribution in [0.15, 0.2) is 11.6 Å². The molecule has 5 nitrogen and oxygen atoms in total. The first-order valence-corrected chi connectivity index (χ1v) is 7.01. The number of hydrogen-bond donors (Lipinski definition) is 1. The maximum Gasteiger partial charge on any atom is 0.315 e. The highest BCUT2D eigenvalue weighted by Gasteiger charge is 2.88. The highest BCUT2D eigenvalue weighted by Crippen LogP contribution is 2.78. The van der Waals surface area contributed by atoms with Gasteiger partial charge >= 0.3 is 11.9 Å². The van der Waals surface area contributed by atoms with Crippen molar-refractivity contribution in [3.63, 3.8) is 0 Å². The summed E-state index contributed by atoms with van der Waals surface area (Å²) >= 11 is 0. The van der Waals surface area contributed by atoms with Crippen LogP contribution in [-0.2, 0) is 19.1 Å². The number of carbonyl (C=O) groups is 2. The molecule has 4 aliphatic rings. The van der Waals surface area contributed by atoms with Crippen LogP contribution in [-0.4, -0.2) is 35.4 Å². The van der Waals surface area contributed by atoms with Crippen LogP contribution in [0.3, 0.4) is 0 Å². The summed E-state index contributed by atoms with van der Waals surface area (Å²) in [4.78, 5) is 24.3. The molecule has 0 aromatic rings. The van der Waals surface area contributed by atoms with Gasteiger partial charge in [0.2, 0.25) is 0 Å². The summed E-state index contributed by atoms with van der Waals surface area (Å²) in [6.45, 7) is 5.77. The van der Waals surface area contributed by atoms with E-state index in [2.05, 4.69) is 0 Å². The van der Waals surface area contributed by atoms with Crippen molar-refractivity contribution in [3.8, 4) is 0 Å². The Balaban J connectivity index is 2.05. The van der Waals surface area contributed by atoms with Crippen LogP contribution in [0.5, 0.6) is 0 Å². The van der Waals surface area contributed by atoms with Gasteiger partial charge in [-0.1, -0.05) is 18.6 Å². The third-order valence-electron chi connectivity index (χ3n) is 6.80. The van der Waals surface area contributed by atoms with Gasteiger partial charge in [-0.2, -0.15) is 0 Å². The van der Waals surface area contributed by atoms with Gasteiger partial charge < -0.3 is 14.6 Å². The lowest BCUT2D eigenvalue weighted by Gasteiger charge is -2.43. The molecule has 4 rings (SSSR count). The highest BCUT2D eigenvalue weighted by molar-refractivity contribution is 5.86. The minimum atomic E-state index is -1.02. The molecule has 2 saturated heterocycles. The topological polar surface area (TPSA) is 72.8 Å². The van der Waals surface area contributed by atoms with Crippen molar-refractivity contribution in [3.05, 3.63) is 11.6 Å². The summed E-state index contributed by atoms with van der Waals surface area (Å²) in [6, 6.07) is 0. The Labute approximate surface area is 116 Å². The van der Waals surface area contributed by atoms with Gasteiger partial charge in [-0.15, -0.1) is 0 Å². The molecule has 1 N–H and O–H groups in total. The zero-order chi connectivity index (χ0) is 14.6. The fourth-order valence-electron chi connectivity index (χ4n) is 5.39. The molecule has 0 spiro atoms. The Hall–Kier alpha value is -1.36. The van der Waals surface area contributed by atoms with Crippen molar-refractivity contribution in [1.29, 1.82) is 0 Å². The molecule has 0 radical (unpaired) electrons. The SMILES string of the molecule is CC1=CC[C@@]23OC(=O)C[C@@]12C(O)C1(C)C(=O)OC[C@]13C. The predicted molar refractivity (Wildman–Crippen MR) is 67.4 cm³/mol. The second-order valence-corrected chi connectivity index (χ2v) is 7.05. The monoisotopic (exact) mass is 278 g/mol. The lowest BCUT2D eigenvalue weighted by atomic mass is 9.62. The molecule has 0 aromatic carbocycles. The first-order valence-electron chi connectivity index (χ1n) is 7.01. The Kier molecular flexibility index (Phi) is 1.83. The number of esters is 2. The van der Waals surface area contributed by atoms with E-state index >= 15 is 0 Å². The Morgan fingerprint density at radius 3 is 2.75 bits per heavy atom. The van der Waals surface area contributed by atoms with Gasteiger partial charge in [-0.25, -0.2) is 0 Å². The van der Waals surface area contributed by atoms with E-state index in [1.165, 1.54) is 0 Å². The van der Waals surface area contributed by atoms with E-state index in [-0.39, 0.29) is 25.0 Å². The Bertz CT molecular complexity index is 595. The number of ether oxygens (including phenoxy) is 2. The maximum atomic E-state index is 12.3. The molecule has 20 heavy (non-hydrogen) atoms. The summed E-state index contributed by atoms with van der Waals surface area (Å²) in [6.07, 6.45) is 1.77. The van der Waals surface area contributed by atoms with Crippen molar-refractivity contribution in [2.24, 2.45) is 16.2 Å². The van der Waals surface area contributed by atoms with Crippen LogP contribution < -0.4 is 0 Å². The fourth-order valence-corrected chi connectivity index (χ4v) is 5.39. The summed E-state index contributed by atoms with van der Waals surface area (Å²) in [5, 5.41) is 11.0. The van der Waals surface area contributed by atoms with Crippen LogP contribution in [0.2, 0.25) is 0 Å². The van der Waals surface area contributed by atoms with E-state index in [0.29, 0.717) is 6.42 Å². The summed E-state index contributed by atoms with van der Waals surface area (Å²) in [7, 11) is 0. The zero-order valence-electron chi connectivity index (χ0n) is 11.9. The minimum Gasteiger partial charge on any atom is -0.464 e. The van der Waals surface area contributed by atoms with Crippen LogP contribution in [0.4, 0.5) is 0 Å². The van der Waals surface area contributed by atoms with E-state index in [9.17, 15) is 14.7 Å². The number of rotatable bonds is 0. The third kappa shape index (κ3) is 0.793. The van der Waals surface area contributed by atoms with E-state index in [4.69, 9.17) is 9.47 Å². The molecule has 0 aromatic heterocycles. The maximum absolute atomic E-state index is 12.3. The molecule has 3 fully saturated rings. The molecule has 2 unspecified atom stereocenters. The normalized spacial score (nSPS) is 56.0. The molecule has 2 aliphatic heterocycles. The first-order chi connectivity index (χ1) is 9.26. The van der Waals surface area contributed by atoms with Crippen LogP contribution >= 0.6 is 0 Å². The number of hydrogen-bond acceptors (Lipinski definition) is 5. The number of carbonyl (C=O) groups excluding carboxylic acids is 2. The summed E-state index contributed by atoms with van der Waals surface area (Å²) in [5.41, 5.74) is -2.38. The minimum absolute atomic E-state index is 0.148. The van der Waals surface area contributed by atoms with Gasteiger partial charge in [-0.05, 0) is 13.8 Å². The molecular weight excluding hydrogens is 260 g/mol. The fraction of sp³-hybridized carbons (Fsp3) is 0.733. The number of aliphatic hydroxyl groups excluding tert-OH is 1. The van der Waals surface area contributed by atoms with Crippen LogP contribution in [0.1, 0.15) is 33.6 Å². The van der Waals surface area contributed by atoms with Gasteiger partial charge in [0, 0.05) is 6.42 Å². The molecule has 0 amide bonds. The lowest BCUT2D eigenvalue weighted by Crippen LogP contribution is -2.52.